The van der Waals surface area contributed by atoms with Crippen LogP contribution in [0.3, 0.4) is 0 Å². The van der Waals surface area contributed by atoms with Crippen molar-refractivity contribution in [2.24, 2.45) is 0 Å². The number of pyridine rings is 1. The van der Waals surface area contributed by atoms with E-state index in [2.05, 4.69) is 25.1 Å². The van der Waals surface area contributed by atoms with Crippen LogP contribution in [0, 0.1) is 0 Å². The maximum absolute atomic E-state index is 6.05. The lowest BCUT2D eigenvalue weighted by molar-refractivity contribution is 0.485. The van der Waals surface area contributed by atoms with Gasteiger partial charge in [0.1, 0.15) is 10.8 Å². The lowest BCUT2D eigenvalue weighted by atomic mass is 10.2. The van der Waals surface area contributed by atoms with Gasteiger partial charge in [0.25, 0.3) is 0 Å². The zero-order chi connectivity index (χ0) is 21.0. The Morgan fingerprint density at radius 1 is 1.03 bits per heavy atom. The third kappa shape index (κ3) is 4.56. The zero-order valence-electron chi connectivity index (χ0n) is 16.2. The van der Waals surface area contributed by atoms with Crippen molar-refractivity contribution in [1.82, 2.24) is 24.7 Å². The molecule has 0 atom stereocenters. The SMILES string of the molecule is Clc1ccc(-c2nnc(SCc3csc(-c4ccccn4)n3)n2Cc2ccco2)cc1. The van der Waals surface area contributed by atoms with Crippen LogP contribution in [0.5, 0.6) is 0 Å². The number of hydrogen-bond donors (Lipinski definition) is 0. The van der Waals surface area contributed by atoms with Crippen molar-refractivity contribution in [3.05, 3.63) is 88.9 Å². The van der Waals surface area contributed by atoms with Gasteiger partial charge in [0.05, 0.1) is 24.2 Å². The van der Waals surface area contributed by atoms with Gasteiger partial charge in [-0.3, -0.25) is 9.55 Å². The van der Waals surface area contributed by atoms with Crippen LogP contribution >= 0.6 is 34.7 Å². The maximum atomic E-state index is 6.05. The van der Waals surface area contributed by atoms with E-state index in [1.165, 1.54) is 0 Å². The molecular formula is C22H16ClN5OS2. The van der Waals surface area contributed by atoms with Gasteiger partial charge in [0.2, 0.25) is 0 Å². The first kappa shape index (κ1) is 20.0. The highest BCUT2D eigenvalue weighted by Crippen LogP contribution is 2.30. The summed E-state index contributed by atoms with van der Waals surface area (Å²) in [7, 11) is 0. The molecule has 0 spiro atoms. The molecule has 0 aliphatic rings. The molecule has 0 saturated heterocycles. The van der Waals surface area contributed by atoms with Crippen molar-refractivity contribution in [1.29, 1.82) is 0 Å². The highest BCUT2D eigenvalue weighted by Gasteiger charge is 2.17. The maximum Gasteiger partial charge on any atom is 0.192 e. The Labute approximate surface area is 192 Å². The van der Waals surface area contributed by atoms with E-state index < -0.39 is 0 Å². The lowest BCUT2D eigenvalue weighted by Crippen LogP contribution is -2.03. The number of thioether (sulfide) groups is 1. The number of rotatable bonds is 7. The van der Waals surface area contributed by atoms with E-state index in [1.807, 2.05) is 54.6 Å². The molecule has 0 aliphatic heterocycles. The average molecular weight is 466 g/mol. The Bertz CT molecular complexity index is 1270. The number of thiazole rings is 1. The summed E-state index contributed by atoms with van der Waals surface area (Å²) < 4.78 is 7.62. The van der Waals surface area contributed by atoms with Crippen LogP contribution in [0.4, 0.5) is 0 Å². The normalized spacial score (nSPS) is 11.1. The third-order valence-electron chi connectivity index (χ3n) is 4.50. The van der Waals surface area contributed by atoms with E-state index in [-0.39, 0.29) is 0 Å². The molecule has 0 amide bonds. The summed E-state index contributed by atoms with van der Waals surface area (Å²) in [5, 5.41) is 13.3. The topological polar surface area (TPSA) is 69.6 Å². The van der Waals surface area contributed by atoms with Crippen LogP contribution in [0.2, 0.25) is 5.02 Å². The molecule has 1 aromatic carbocycles. The molecule has 0 radical (unpaired) electrons. The number of furan rings is 1. The molecule has 5 rings (SSSR count). The van der Waals surface area contributed by atoms with Gasteiger partial charge < -0.3 is 4.42 Å². The summed E-state index contributed by atoms with van der Waals surface area (Å²) in [4.78, 5) is 9.09. The van der Waals surface area contributed by atoms with E-state index in [0.29, 0.717) is 17.3 Å². The number of nitrogens with zero attached hydrogens (tertiary/aromatic N) is 5. The molecule has 4 heterocycles. The van der Waals surface area contributed by atoms with Crippen LogP contribution in [0.1, 0.15) is 11.5 Å². The fourth-order valence-electron chi connectivity index (χ4n) is 3.03. The molecule has 0 N–H and O–H groups in total. The van der Waals surface area contributed by atoms with Gasteiger partial charge in [-0.05, 0) is 48.5 Å². The minimum atomic E-state index is 0.538. The molecule has 5 aromatic rings. The van der Waals surface area contributed by atoms with Crippen LogP contribution in [-0.4, -0.2) is 24.7 Å². The first-order valence-corrected chi connectivity index (χ1v) is 11.7. The van der Waals surface area contributed by atoms with Gasteiger partial charge in [-0.1, -0.05) is 29.4 Å². The molecule has 31 heavy (non-hydrogen) atoms. The fraction of sp³-hybridized carbons (Fsp3) is 0.0909. The molecule has 0 bridgehead atoms. The first-order chi connectivity index (χ1) is 15.3. The Morgan fingerprint density at radius 2 is 1.94 bits per heavy atom. The molecule has 0 fully saturated rings. The van der Waals surface area contributed by atoms with Gasteiger partial charge in [-0.15, -0.1) is 21.5 Å². The van der Waals surface area contributed by atoms with Crippen molar-refractivity contribution in [3.8, 4) is 22.1 Å². The lowest BCUT2D eigenvalue weighted by Gasteiger charge is -2.08. The van der Waals surface area contributed by atoms with Crippen molar-refractivity contribution in [3.63, 3.8) is 0 Å². The summed E-state index contributed by atoms with van der Waals surface area (Å²) in [6, 6.07) is 17.2. The summed E-state index contributed by atoms with van der Waals surface area (Å²) in [5.41, 5.74) is 2.81. The molecule has 0 aliphatic carbocycles. The predicted molar refractivity (Wildman–Crippen MR) is 123 cm³/mol. The number of hydrogen-bond acceptors (Lipinski definition) is 7. The highest BCUT2D eigenvalue weighted by atomic mass is 35.5. The quantitative estimate of drug-likeness (QED) is 0.272. The Hall–Kier alpha value is -2.94. The minimum Gasteiger partial charge on any atom is -0.467 e. The standard InChI is InChI=1S/C22H16ClN5OS2/c23-16-8-6-15(7-9-16)20-26-27-22(28(20)12-18-4-3-11-29-18)31-14-17-13-30-21(25-17)19-5-1-2-10-24-19/h1-11,13H,12,14H2. The summed E-state index contributed by atoms with van der Waals surface area (Å²) in [5.74, 6) is 2.28. The Balaban J connectivity index is 1.40. The first-order valence-electron chi connectivity index (χ1n) is 9.46. The number of halogens is 1. The van der Waals surface area contributed by atoms with Gasteiger partial charge in [0, 0.05) is 27.9 Å². The van der Waals surface area contributed by atoms with Gasteiger partial charge >= 0.3 is 0 Å². The molecule has 154 valence electrons. The van der Waals surface area contributed by atoms with Crippen LogP contribution < -0.4 is 0 Å². The predicted octanol–water partition coefficient (Wildman–Crippen LogP) is 6.05. The van der Waals surface area contributed by atoms with Crippen molar-refractivity contribution in [2.75, 3.05) is 0 Å². The molecule has 4 aromatic heterocycles. The summed E-state index contributed by atoms with van der Waals surface area (Å²) >= 11 is 9.24. The van der Waals surface area contributed by atoms with Gasteiger partial charge in [-0.25, -0.2) is 4.98 Å². The van der Waals surface area contributed by atoms with Gasteiger partial charge in [0.15, 0.2) is 11.0 Å². The van der Waals surface area contributed by atoms with Crippen molar-refractivity contribution in [2.45, 2.75) is 17.5 Å². The minimum absolute atomic E-state index is 0.538. The number of aromatic nitrogens is 5. The second-order valence-electron chi connectivity index (χ2n) is 6.63. The smallest absolute Gasteiger partial charge is 0.192 e. The molecule has 0 unspecified atom stereocenters. The van der Waals surface area contributed by atoms with Crippen molar-refractivity contribution >= 4 is 34.7 Å². The van der Waals surface area contributed by atoms with Crippen LogP contribution in [0.25, 0.3) is 22.1 Å². The summed E-state index contributed by atoms with van der Waals surface area (Å²) in [6.45, 7) is 0.538. The fourth-order valence-corrected chi connectivity index (χ4v) is 4.88. The summed E-state index contributed by atoms with van der Waals surface area (Å²) in [6.07, 6.45) is 3.45. The molecule has 0 saturated carbocycles. The van der Waals surface area contributed by atoms with E-state index in [4.69, 9.17) is 21.0 Å². The largest absolute Gasteiger partial charge is 0.467 e. The monoisotopic (exact) mass is 465 g/mol. The van der Waals surface area contributed by atoms with Crippen LogP contribution in [-0.2, 0) is 12.3 Å². The Kier molecular flexibility index (Phi) is 5.84. The molecule has 9 heteroatoms. The van der Waals surface area contributed by atoms with Crippen molar-refractivity contribution < 1.29 is 4.42 Å². The van der Waals surface area contributed by atoms with E-state index >= 15 is 0 Å². The molecular weight excluding hydrogens is 450 g/mol. The van der Waals surface area contributed by atoms with Gasteiger partial charge in [-0.2, -0.15) is 0 Å². The highest BCUT2D eigenvalue weighted by molar-refractivity contribution is 7.98. The second-order valence-corrected chi connectivity index (χ2v) is 8.86. The average Bonchev–Trinajstić information content (AvgIpc) is 3.56. The van der Waals surface area contributed by atoms with E-state index in [9.17, 15) is 0 Å². The molecule has 6 nitrogen and oxygen atoms in total. The third-order valence-corrected chi connectivity index (χ3v) is 6.66. The second kappa shape index (κ2) is 9.05. The zero-order valence-corrected chi connectivity index (χ0v) is 18.6. The number of benzene rings is 1. The van der Waals surface area contributed by atoms with E-state index in [0.717, 1.165) is 38.7 Å². The van der Waals surface area contributed by atoms with Crippen LogP contribution in [0.15, 0.2) is 82.0 Å². The Morgan fingerprint density at radius 3 is 2.71 bits per heavy atom. The van der Waals surface area contributed by atoms with E-state index in [1.54, 1.807) is 35.6 Å².